The van der Waals surface area contributed by atoms with Crippen LogP contribution in [0.1, 0.15) is 32.6 Å². The molecular weight excluding hydrogens is 212 g/mol. The summed E-state index contributed by atoms with van der Waals surface area (Å²) in [6.45, 7) is 5.44. The van der Waals surface area contributed by atoms with Gasteiger partial charge in [0, 0.05) is 25.5 Å². The molecule has 1 aromatic heterocycles. The van der Waals surface area contributed by atoms with Gasteiger partial charge in [-0.15, -0.1) is 0 Å². The van der Waals surface area contributed by atoms with E-state index in [1.54, 1.807) is 0 Å². The standard InChI is InChI=1S/C13H26N4/c1-4-5-8-14-13-15-9-12-17(13)11-7-6-10-16(2)3/h9,12H,4-8,10-11H2,1-3H3,(H,14,15). The molecule has 1 N–H and O–H groups in total. The van der Waals surface area contributed by atoms with Crippen LogP contribution in [0.5, 0.6) is 0 Å². The Hall–Kier alpha value is -1.03. The van der Waals surface area contributed by atoms with Crippen LogP contribution in [-0.4, -0.2) is 41.6 Å². The fourth-order valence-electron chi connectivity index (χ4n) is 1.74. The smallest absolute Gasteiger partial charge is 0.202 e. The van der Waals surface area contributed by atoms with Crippen LogP contribution >= 0.6 is 0 Å². The van der Waals surface area contributed by atoms with E-state index >= 15 is 0 Å². The van der Waals surface area contributed by atoms with Crippen LogP contribution in [0, 0.1) is 0 Å². The molecule has 0 fully saturated rings. The zero-order valence-electron chi connectivity index (χ0n) is 11.4. The largest absolute Gasteiger partial charge is 0.356 e. The van der Waals surface area contributed by atoms with Gasteiger partial charge < -0.3 is 14.8 Å². The highest BCUT2D eigenvalue weighted by Crippen LogP contribution is 2.07. The minimum atomic E-state index is 1.02. The van der Waals surface area contributed by atoms with Crippen LogP contribution < -0.4 is 5.32 Å². The van der Waals surface area contributed by atoms with Gasteiger partial charge in [0.15, 0.2) is 0 Å². The van der Waals surface area contributed by atoms with Crippen molar-refractivity contribution in [2.24, 2.45) is 0 Å². The van der Waals surface area contributed by atoms with Crippen molar-refractivity contribution in [3.63, 3.8) is 0 Å². The number of unbranched alkanes of at least 4 members (excludes halogenated alkanes) is 2. The highest BCUT2D eigenvalue weighted by molar-refractivity contribution is 5.25. The first kappa shape index (κ1) is 14.0. The summed E-state index contributed by atoms with van der Waals surface area (Å²) in [6, 6.07) is 0. The normalized spacial score (nSPS) is 11.1. The van der Waals surface area contributed by atoms with Crippen molar-refractivity contribution >= 4 is 5.95 Å². The Bertz CT molecular complexity index is 293. The molecule has 0 aliphatic heterocycles. The lowest BCUT2D eigenvalue weighted by atomic mass is 10.3. The molecule has 98 valence electrons. The number of hydrogen-bond donors (Lipinski definition) is 1. The first-order chi connectivity index (χ1) is 8.24. The van der Waals surface area contributed by atoms with Gasteiger partial charge in [-0.25, -0.2) is 4.98 Å². The summed E-state index contributed by atoms with van der Waals surface area (Å²) in [5.41, 5.74) is 0. The maximum absolute atomic E-state index is 4.34. The number of anilines is 1. The van der Waals surface area contributed by atoms with Crippen molar-refractivity contribution in [1.29, 1.82) is 0 Å². The Labute approximate surface area is 105 Å². The van der Waals surface area contributed by atoms with Gasteiger partial charge >= 0.3 is 0 Å². The van der Waals surface area contributed by atoms with E-state index in [0.29, 0.717) is 0 Å². The maximum atomic E-state index is 4.34. The zero-order valence-corrected chi connectivity index (χ0v) is 11.4. The first-order valence-corrected chi connectivity index (χ1v) is 6.63. The third-order valence-electron chi connectivity index (χ3n) is 2.78. The Morgan fingerprint density at radius 2 is 2.12 bits per heavy atom. The van der Waals surface area contributed by atoms with E-state index in [4.69, 9.17) is 0 Å². The van der Waals surface area contributed by atoms with Crippen LogP contribution in [0.2, 0.25) is 0 Å². The summed E-state index contributed by atoms with van der Waals surface area (Å²) in [4.78, 5) is 6.57. The van der Waals surface area contributed by atoms with Gasteiger partial charge in [0.25, 0.3) is 0 Å². The monoisotopic (exact) mass is 238 g/mol. The third-order valence-corrected chi connectivity index (χ3v) is 2.78. The van der Waals surface area contributed by atoms with Gasteiger partial charge in [0.05, 0.1) is 0 Å². The minimum absolute atomic E-state index is 1.02. The zero-order chi connectivity index (χ0) is 12.5. The SMILES string of the molecule is CCCCNc1nccn1CCCCN(C)C. The van der Waals surface area contributed by atoms with Crippen molar-refractivity contribution in [1.82, 2.24) is 14.5 Å². The predicted molar refractivity (Wildman–Crippen MR) is 73.4 cm³/mol. The molecule has 1 heterocycles. The van der Waals surface area contributed by atoms with Gasteiger partial charge in [-0.3, -0.25) is 0 Å². The molecule has 0 unspecified atom stereocenters. The molecule has 4 nitrogen and oxygen atoms in total. The van der Waals surface area contributed by atoms with E-state index in [1.165, 1.54) is 25.7 Å². The molecule has 1 aromatic rings. The summed E-state index contributed by atoms with van der Waals surface area (Å²) in [6.07, 6.45) is 8.80. The fraction of sp³-hybridized carbons (Fsp3) is 0.769. The van der Waals surface area contributed by atoms with Gasteiger partial charge in [-0.1, -0.05) is 13.3 Å². The number of aryl methyl sites for hydroxylation is 1. The molecular formula is C13H26N4. The summed E-state index contributed by atoms with van der Waals surface area (Å²) in [7, 11) is 4.24. The molecule has 0 aromatic carbocycles. The molecule has 17 heavy (non-hydrogen) atoms. The molecule has 0 spiro atoms. The number of nitrogens with zero attached hydrogens (tertiary/aromatic N) is 3. The highest BCUT2D eigenvalue weighted by atomic mass is 15.2. The molecule has 0 saturated heterocycles. The Kier molecular flexibility index (Phi) is 6.70. The molecule has 4 heteroatoms. The topological polar surface area (TPSA) is 33.1 Å². The first-order valence-electron chi connectivity index (χ1n) is 6.63. The molecule has 0 aliphatic carbocycles. The quantitative estimate of drug-likeness (QED) is 0.671. The average Bonchev–Trinajstić information content (AvgIpc) is 2.72. The highest BCUT2D eigenvalue weighted by Gasteiger charge is 2.01. The maximum Gasteiger partial charge on any atom is 0.202 e. The van der Waals surface area contributed by atoms with Crippen molar-refractivity contribution in [3.8, 4) is 0 Å². The van der Waals surface area contributed by atoms with Gasteiger partial charge in [0.2, 0.25) is 5.95 Å². The Balaban J connectivity index is 2.25. The van der Waals surface area contributed by atoms with Crippen LogP contribution in [0.4, 0.5) is 5.95 Å². The van der Waals surface area contributed by atoms with Gasteiger partial charge in [-0.05, 0) is 39.9 Å². The lowest BCUT2D eigenvalue weighted by Gasteiger charge is -2.11. The van der Waals surface area contributed by atoms with Crippen LogP contribution in [0.3, 0.4) is 0 Å². The minimum Gasteiger partial charge on any atom is -0.356 e. The second-order valence-corrected chi connectivity index (χ2v) is 4.73. The van der Waals surface area contributed by atoms with Crippen molar-refractivity contribution in [3.05, 3.63) is 12.4 Å². The van der Waals surface area contributed by atoms with Crippen molar-refractivity contribution in [2.75, 3.05) is 32.5 Å². The van der Waals surface area contributed by atoms with Crippen LogP contribution in [0.25, 0.3) is 0 Å². The van der Waals surface area contributed by atoms with Crippen molar-refractivity contribution in [2.45, 2.75) is 39.2 Å². The third kappa shape index (κ3) is 5.73. The molecule has 0 atom stereocenters. The summed E-state index contributed by atoms with van der Waals surface area (Å²) >= 11 is 0. The van der Waals surface area contributed by atoms with E-state index in [2.05, 4.69) is 47.0 Å². The van der Waals surface area contributed by atoms with Crippen LogP contribution in [-0.2, 0) is 6.54 Å². The van der Waals surface area contributed by atoms with Crippen LogP contribution in [0.15, 0.2) is 12.4 Å². The van der Waals surface area contributed by atoms with Crippen molar-refractivity contribution < 1.29 is 0 Å². The number of rotatable bonds is 9. The molecule has 0 bridgehead atoms. The number of nitrogens with one attached hydrogen (secondary N) is 1. The molecule has 1 rings (SSSR count). The number of imidazole rings is 1. The summed E-state index contributed by atoms with van der Waals surface area (Å²) in [5.74, 6) is 1.02. The Morgan fingerprint density at radius 3 is 2.82 bits per heavy atom. The molecule has 0 amide bonds. The summed E-state index contributed by atoms with van der Waals surface area (Å²) < 4.78 is 2.21. The fourth-order valence-corrected chi connectivity index (χ4v) is 1.74. The number of hydrogen-bond acceptors (Lipinski definition) is 3. The molecule has 0 aliphatic rings. The summed E-state index contributed by atoms with van der Waals surface area (Å²) in [5, 5.41) is 3.39. The molecule has 0 saturated carbocycles. The van der Waals surface area contributed by atoms with Gasteiger partial charge in [-0.2, -0.15) is 0 Å². The van der Waals surface area contributed by atoms with E-state index in [0.717, 1.165) is 25.6 Å². The Morgan fingerprint density at radius 1 is 1.29 bits per heavy atom. The van der Waals surface area contributed by atoms with E-state index in [-0.39, 0.29) is 0 Å². The van der Waals surface area contributed by atoms with E-state index < -0.39 is 0 Å². The van der Waals surface area contributed by atoms with E-state index in [1.807, 2.05) is 6.20 Å². The lowest BCUT2D eigenvalue weighted by molar-refractivity contribution is 0.388. The second-order valence-electron chi connectivity index (χ2n) is 4.73. The molecule has 0 radical (unpaired) electrons. The lowest BCUT2D eigenvalue weighted by Crippen LogP contribution is -2.14. The average molecular weight is 238 g/mol. The van der Waals surface area contributed by atoms with Gasteiger partial charge in [0.1, 0.15) is 0 Å². The second kappa shape index (κ2) is 8.12. The van der Waals surface area contributed by atoms with E-state index in [9.17, 15) is 0 Å². The number of aromatic nitrogens is 2. The predicted octanol–water partition coefficient (Wildman–Crippen LogP) is 2.44.